The van der Waals surface area contributed by atoms with Crippen LogP contribution < -0.4 is 5.32 Å². The molecule has 1 aliphatic carbocycles. The van der Waals surface area contributed by atoms with Crippen LogP contribution in [0.1, 0.15) is 44.3 Å². The van der Waals surface area contributed by atoms with E-state index in [1.54, 1.807) is 0 Å². The van der Waals surface area contributed by atoms with Gasteiger partial charge in [0.2, 0.25) is 0 Å². The van der Waals surface area contributed by atoms with Crippen molar-refractivity contribution in [2.24, 2.45) is 5.92 Å². The average Bonchev–Trinajstić information content (AvgIpc) is 2.89. The third-order valence-electron chi connectivity index (χ3n) is 4.06. The van der Waals surface area contributed by atoms with Crippen molar-refractivity contribution in [1.82, 2.24) is 5.32 Å². The first-order chi connectivity index (χ1) is 9.08. The van der Waals surface area contributed by atoms with E-state index in [2.05, 4.69) is 12.2 Å². The summed E-state index contributed by atoms with van der Waals surface area (Å²) in [5, 5.41) is 13.2. The summed E-state index contributed by atoms with van der Waals surface area (Å²) in [7, 11) is 0. The maximum absolute atomic E-state index is 13.5. The van der Waals surface area contributed by atoms with Gasteiger partial charge in [-0.3, -0.25) is 0 Å². The fourth-order valence-electron chi connectivity index (χ4n) is 2.80. The van der Waals surface area contributed by atoms with E-state index in [0.717, 1.165) is 6.07 Å². The molecule has 0 spiro atoms. The molecule has 1 aromatic carbocycles. The topological polar surface area (TPSA) is 32.3 Å². The van der Waals surface area contributed by atoms with Gasteiger partial charge in [0, 0.05) is 24.2 Å². The molecule has 0 radical (unpaired) electrons. The van der Waals surface area contributed by atoms with Crippen LogP contribution in [0.25, 0.3) is 0 Å². The quantitative estimate of drug-likeness (QED) is 0.860. The first kappa shape index (κ1) is 14.4. The monoisotopic (exact) mass is 269 g/mol. The minimum Gasteiger partial charge on any atom is -0.387 e. The van der Waals surface area contributed by atoms with E-state index < -0.39 is 17.7 Å². The molecule has 0 bridgehead atoms. The zero-order valence-corrected chi connectivity index (χ0v) is 11.2. The van der Waals surface area contributed by atoms with Crippen LogP contribution in [0.5, 0.6) is 0 Å². The molecule has 1 aromatic rings. The lowest BCUT2D eigenvalue weighted by molar-refractivity contribution is 0.161. The van der Waals surface area contributed by atoms with Crippen LogP contribution in [0.2, 0.25) is 0 Å². The summed E-state index contributed by atoms with van der Waals surface area (Å²) in [5.74, 6) is -0.672. The molecule has 0 amide bonds. The number of aliphatic hydroxyl groups is 1. The molecule has 1 aliphatic rings. The first-order valence-corrected chi connectivity index (χ1v) is 6.94. The van der Waals surface area contributed by atoms with Crippen LogP contribution >= 0.6 is 0 Å². The lowest BCUT2D eigenvalue weighted by atomic mass is 9.99. The molecule has 2 rings (SSSR count). The van der Waals surface area contributed by atoms with Gasteiger partial charge in [-0.05, 0) is 31.7 Å². The molecule has 1 fully saturated rings. The zero-order chi connectivity index (χ0) is 13.8. The van der Waals surface area contributed by atoms with Gasteiger partial charge in [0.1, 0.15) is 11.6 Å². The molecule has 2 N–H and O–H groups in total. The summed E-state index contributed by atoms with van der Waals surface area (Å²) >= 11 is 0. The van der Waals surface area contributed by atoms with Crippen molar-refractivity contribution in [3.05, 3.63) is 35.4 Å². The number of nitrogens with one attached hydrogen (secondary N) is 1. The van der Waals surface area contributed by atoms with Gasteiger partial charge < -0.3 is 10.4 Å². The van der Waals surface area contributed by atoms with Crippen molar-refractivity contribution in [2.45, 2.75) is 44.8 Å². The molecule has 0 aliphatic heterocycles. The van der Waals surface area contributed by atoms with E-state index in [0.29, 0.717) is 18.5 Å². The minimum atomic E-state index is -0.940. The highest BCUT2D eigenvalue weighted by atomic mass is 19.1. The second kappa shape index (κ2) is 6.44. The molecule has 1 saturated carbocycles. The average molecular weight is 269 g/mol. The number of benzene rings is 1. The molecule has 19 heavy (non-hydrogen) atoms. The number of hydrogen-bond donors (Lipinski definition) is 2. The first-order valence-electron chi connectivity index (χ1n) is 6.94. The van der Waals surface area contributed by atoms with Crippen LogP contribution in [0.3, 0.4) is 0 Å². The van der Waals surface area contributed by atoms with Gasteiger partial charge in [0.15, 0.2) is 0 Å². The largest absolute Gasteiger partial charge is 0.387 e. The normalized spacial score (nSPS) is 19.6. The Bertz CT molecular complexity index is 419. The van der Waals surface area contributed by atoms with E-state index in [-0.39, 0.29) is 5.56 Å². The molecular formula is C15H21F2NO. The highest BCUT2D eigenvalue weighted by Crippen LogP contribution is 2.27. The molecule has 2 atom stereocenters. The lowest BCUT2D eigenvalue weighted by Crippen LogP contribution is -2.35. The van der Waals surface area contributed by atoms with Crippen molar-refractivity contribution in [3.8, 4) is 0 Å². The second-order valence-electron chi connectivity index (χ2n) is 5.42. The van der Waals surface area contributed by atoms with E-state index >= 15 is 0 Å². The van der Waals surface area contributed by atoms with Gasteiger partial charge in [-0.2, -0.15) is 0 Å². The smallest absolute Gasteiger partial charge is 0.131 e. The van der Waals surface area contributed by atoms with Crippen molar-refractivity contribution in [3.63, 3.8) is 0 Å². The van der Waals surface area contributed by atoms with Crippen molar-refractivity contribution in [1.29, 1.82) is 0 Å². The number of halogens is 2. The third kappa shape index (κ3) is 3.74. The summed E-state index contributed by atoms with van der Waals surface area (Å²) in [4.78, 5) is 0. The molecule has 2 nitrogen and oxygen atoms in total. The van der Waals surface area contributed by atoms with Crippen LogP contribution in [0, 0.1) is 17.6 Å². The number of aliphatic hydroxyl groups excluding tert-OH is 1. The van der Waals surface area contributed by atoms with E-state index in [1.807, 2.05) is 0 Å². The van der Waals surface area contributed by atoms with E-state index in [1.165, 1.54) is 37.8 Å². The van der Waals surface area contributed by atoms with Crippen molar-refractivity contribution >= 4 is 0 Å². The van der Waals surface area contributed by atoms with Gasteiger partial charge in [0.25, 0.3) is 0 Å². The Kier molecular flexibility index (Phi) is 4.88. The van der Waals surface area contributed by atoms with Crippen molar-refractivity contribution in [2.75, 3.05) is 6.54 Å². The molecule has 0 saturated heterocycles. The Labute approximate surface area is 112 Å². The van der Waals surface area contributed by atoms with Crippen molar-refractivity contribution < 1.29 is 13.9 Å². The Morgan fingerprint density at radius 2 is 2.00 bits per heavy atom. The fourth-order valence-corrected chi connectivity index (χ4v) is 2.80. The van der Waals surface area contributed by atoms with E-state index in [9.17, 15) is 13.9 Å². The molecular weight excluding hydrogens is 248 g/mol. The minimum absolute atomic E-state index is 0.146. The summed E-state index contributed by atoms with van der Waals surface area (Å²) in [6.07, 6.45) is 4.03. The molecule has 4 heteroatoms. The summed E-state index contributed by atoms with van der Waals surface area (Å²) in [6.45, 7) is 2.39. The van der Waals surface area contributed by atoms with E-state index in [4.69, 9.17) is 0 Å². The number of hydrogen-bond acceptors (Lipinski definition) is 2. The van der Waals surface area contributed by atoms with Crippen LogP contribution in [0.4, 0.5) is 8.78 Å². The highest BCUT2D eigenvalue weighted by molar-refractivity contribution is 5.21. The zero-order valence-electron chi connectivity index (χ0n) is 11.2. The molecule has 106 valence electrons. The van der Waals surface area contributed by atoms with Gasteiger partial charge in [-0.1, -0.05) is 18.9 Å². The summed E-state index contributed by atoms with van der Waals surface area (Å²) < 4.78 is 26.3. The summed E-state index contributed by atoms with van der Waals surface area (Å²) in [6, 6.07) is 3.60. The predicted molar refractivity (Wildman–Crippen MR) is 70.7 cm³/mol. The lowest BCUT2D eigenvalue weighted by Gasteiger charge is -2.22. The third-order valence-corrected chi connectivity index (χ3v) is 4.06. The number of rotatable bonds is 5. The Hall–Kier alpha value is -1.00. The Morgan fingerprint density at radius 3 is 2.63 bits per heavy atom. The maximum atomic E-state index is 13.5. The van der Waals surface area contributed by atoms with Crippen LogP contribution in [-0.2, 0) is 0 Å². The highest BCUT2D eigenvalue weighted by Gasteiger charge is 2.22. The second-order valence-corrected chi connectivity index (χ2v) is 5.42. The van der Waals surface area contributed by atoms with Gasteiger partial charge in [0.05, 0.1) is 6.10 Å². The Balaban J connectivity index is 1.88. The molecule has 2 unspecified atom stereocenters. The Morgan fingerprint density at radius 1 is 1.32 bits per heavy atom. The van der Waals surface area contributed by atoms with Crippen LogP contribution in [0.15, 0.2) is 18.2 Å². The molecule has 0 aromatic heterocycles. The van der Waals surface area contributed by atoms with Gasteiger partial charge in [-0.15, -0.1) is 0 Å². The van der Waals surface area contributed by atoms with Gasteiger partial charge in [-0.25, -0.2) is 8.78 Å². The fraction of sp³-hybridized carbons (Fsp3) is 0.600. The van der Waals surface area contributed by atoms with Crippen LogP contribution in [-0.4, -0.2) is 17.7 Å². The maximum Gasteiger partial charge on any atom is 0.131 e. The summed E-state index contributed by atoms with van der Waals surface area (Å²) in [5.41, 5.74) is 0.146. The predicted octanol–water partition coefficient (Wildman–Crippen LogP) is 3.17. The molecule has 0 heterocycles. The SMILES string of the molecule is CC(NCC(O)c1ccc(F)cc1F)C1CCCC1. The van der Waals surface area contributed by atoms with Gasteiger partial charge >= 0.3 is 0 Å². The standard InChI is InChI=1S/C15H21F2NO/c1-10(11-4-2-3-5-11)18-9-15(19)13-7-6-12(16)8-14(13)17/h6-8,10-11,15,18-19H,2-5,9H2,1H3.